The van der Waals surface area contributed by atoms with Crippen LogP contribution >= 0.6 is 0 Å². The number of aliphatic hydroxyl groups excluding tert-OH is 1. The van der Waals surface area contributed by atoms with Crippen LogP contribution in [0.4, 0.5) is 0 Å². The number of β-amino-alcohol motifs (C(OH)–C–C–N with tert-alkyl or cyclic N) is 1. The Morgan fingerprint density at radius 1 is 1.32 bits per heavy atom. The van der Waals surface area contributed by atoms with Crippen molar-refractivity contribution in [2.24, 2.45) is 0 Å². The Morgan fingerprint density at radius 3 is 2.77 bits per heavy atom. The highest BCUT2D eigenvalue weighted by atomic mass is 16.3. The average molecular weight is 299 g/mol. The van der Waals surface area contributed by atoms with Crippen LogP contribution < -0.4 is 0 Å². The fourth-order valence-corrected chi connectivity index (χ4v) is 2.91. The minimum Gasteiger partial charge on any atom is -0.391 e. The van der Waals surface area contributed by atoms with Gasteiger partial charge in [-0.2, -0.15) is 5.10 Å². The molecule has 1 N–H and O–H groups in total. The number of amides is 1. The van der Waals surface area contributed by atoms with Gasteiger partial charge < -0.3 is 10.0 Å². The van der Waals surface area contributed by atoms with Gasteiger partial charge >= 0.3 is 0 Å². The maximum Gasteiger partial charge on any atom is 0.257 e. The van der Waals surface area contributed by atoms with Gasteiger partial charge in [0.05, 0.1) is 29.2 Å². The fourth-order valence-electron chi connectivity index (χ4n) is 2.91. The van der Waals surface area contributed by atoms with Crippen LogP contribution in [-0.2, 0) is 0 Å². The van der Waals surface area contributed by atoms with Gasteiger partial charge in [-0.25, -0.2) is 4.68 Å². The lowest BCUT2D eigenvalue weighted by molar-refractivity contribution is 0.0764. The summed E-state index contributed by atoms with van der Waals surface area (Å²) in [5.74, 6) is -0.0504. The molecule has 1 saturated heterocycles. The van der Waals surface area contributed by atoms with E-state index in [0.717, 1.165) is 22.5 Å². The number of hydrogen-bond acceptors (Lipinski definition) is 3. The number of aromatic nitrogens is 2. The van der Waals surface area contributed by atoms with Crippen LogP contribution in [-0.4, -0.2) is 44.9 Å². The molecule has 0 aliphatic carbocycles. The van der Waals surface area contributed by atoms with Crippen LogP contribution in [0.5, 0.6) is 0 Å². The van der Waals surface area contributed by atoms with E-state index in [-0.39, 0.29) is 5.91 Å². The first kappa shape index (κ1) is 14.8. The molecule has 2 heterocycles. The molecule has 0 spiro atoms. The molecule has 0 saturated carbocycles. The third kappa shape index (κ3) is 2.52. The number of likely N-dealkylation sites (tertiary alicyclic amines) is 1. The van der Waals surface area contributed by atoms with Crippen molar-refractivity contribution in [1.82, 2.24) is 14.7 Å². The lowest BCUT2D eigenvalue weighted by atomic mass is 10.1. The van der Waals surface area contributed by atoms with Crippen molar-refractivity contribution in [2.75, 3.05) is 13.1 Å². The summed E-state index contributed by atoms with van der Waals surface area (Å²) >= 11 is 0. The van der Waals surface area contributed by atoms with Crippen molar-refractivity contribution in [3.8, 4) is 5.69 Å². The number of aryl methyl sites for hydroxylation is 2. The Labute approximate surface area is 130 Å². The molecular weight excluding hydrogens is 278 g/mol. The molecule has 1 aromatic carbocycles. The van der Waals surface area contributed by atoms with Gasteiger partial charge in [0, 0.05) is 13.1 Å². The van der Waals surface area contributed by atoms with Crippen molar-refractivity contribution in [3.05, 3.63) is 46.8 Å². The Morgan fingerprint density at radius 2 is 2.09 bits per heavy atom. The summed E-state index contributed by atoms with van der Waals surface area (Å²) < 4.78 is 1.82. The molecule has 5 heteroatoms. The van der Waals surface area contributed by atoms with E-state index in [0.29, 0.717) is 25.1 Å². The summed E-state index contributed by atoms with van der Waals surface area (Å²) in [6.07, 6.45) is 1.87. The second-order valence-electron chi connectivity index (χ2n) is 6.04. The molecule has 0 radical (unpaired) electrons. The lowest BCUT2D eigenvalue weighted by Gasteiger charge is -2.15. The smallest absolute Gasteiger partial charge is 0.257 e. The van der Waals surface area contributed by atoms with Crippen molar-refractivity contribution in [1.29, 1.82) is 0 Å². The summed E-state index contributed by atoms with van der Waals surface area (Å²) in [5.41, 5.74) is 4.71. The summed E-state index contributed by atoms with van der Waals surface area (Å²) in [4.78, 5) is 14.3. The van der Waals surface area contributed by atoms with E-state index < -0.39 is 6.10 Å². The van der Waals surface area contributed by atoms with Crippen LogP contribution in [0.2, 0.25) is 0 Å². The minimum absolute atomic E-state index is 0.0504. The summed E-state index contributed by atoms with van der Waals surface area (Å²) in [7, 11) is 0. The Kier molecular flexibility index (Phi) is 3.74. The molecule has 1 aromatic heterocycles. The predicted octanol–water partition coefficient (Wildman–Crippen LogP) is 2.00. The summed E-state index contributed by atoms with van der Waals surface area (Å²) in [6, 6.07) is 6.20. The third-order valence-electron chi connectivity index (χ3n) is 4.28. The third-order valence-corrected chi connectivity index (χ3v) is 4.28. The number of rotatable bonds is 2. The van der Waals surface area contributed by atoms with Crippen LogP contribution in [0.3, 0.4) is 0 Å². The van der Waals surface area contributed by atoms with Crippen molar-refractivity contribution < 1.29 is 9.90 Å². The molecule has 1 fully saturated rings. The molecule has 2 aromatic rings. The number of carbonyl (C=O) groups excluding carboxylic acids is 1. The van der Waals surface area contributed by atoms with E-state index in [1.807, 2.05) is 25.5 Å². The first-order valence-corrected chi connectivity index (χ1v) is 7.57. The second-order valence-corrected chi connectivity index (χ2v) is 6.04. The maximum atomic E-state index is 12.6. The first-order valence-electron chi connectivity index (χ1n) is 7.57. The van der Waals surface area contributed by atoms with Crippen LogP contribution in [0.1, 0.15) is 33.6 Å². The molecule has 0 unspecified atom stereocenters. The number of benzene rings is 1. The quantitative estimate of drug-likeness (QED) is 0.923. The van der Waals surface area contributed by atoms with Gasteiger partial charge in [-0.3, -0.25) is 4.79 Å². The van der Waals surface area contributed by atoms with Crippen LogP contribution in [0.25, 0.3) is 5.69 Å². The Bertz CT molecular complexity index is 721. The van der Waals surface area contributed by atoms with E-state index in [4.69, 9.17) is 0 Å². The molecule has 116 valence electrons. The van der Waals surface area contributed by atoms with Gasteiger partial charge in [0.1, 0.15) is 0 Å². The molecule has 22 heavy (non-hydrogen) atoms. The van der Waals surface area contributed by atoms with Gasteiger partial charge in [0.25, 0.3) is 5.91 Å². The number of nitrogens with zero attached hydrogens (tertiary/aromatic N) is 3. The van der Waals surface area contributed by atoms with E-state index in [9.17, 15) is 9.90 Å². The highest BCUT2D eigenvalue weighted by molar-refractivity contribution is 5.95. The molecule has 0 bridgehead atoms. The van der Waals surface area contributed by atoms with E-state index in [1.54, 1.807) is 11.1 Å². The van der Waals surface area contributed by atoms with Gasteiger partial charge in [-0.05, 0) is 44.4 Å². The molecule has 1 atom stereocenters. The zero-order valence-electron chi connectivity index (χ0n) is 13.2. The van der Waals surface area contributed by atoms with Crippen molar-refractivity contribution in [2.45, 2.75) is 33.3 Å². The topological polar surface area (TPSA) is 58.4 Å². The number of carbonyl (C=O) groups is 1. The minimum atomic E-state index is -0.404. The normalized spacial score (nSPS) is 18.0. The van der Waals surface area contributed by atoms with Gasteiger partial charge in [0.15, 0.2) is 0 Å². The highest BCUT2D eigenvalue weighted by Crippen LogP contribution is 2.21. The molecule has 1 amide bonds. The van der Waals surface area contributed by atoms with Crippen molar-refractivity contribution >= 4 is 5.91 Å². The van der Waals surface area contributed by atoms with E-state index in [2.05, 4.69) is 23.3 Å². The van der Waals surface area contributed by atoms with Crippen LogP contribution in [0, 0.1) is 20.8 Å². The van der Waals surface area contributed by atoms with Crippen molar-refractivity contribution in [3.63, 3.8) is 0 Å². The molecule has 5 nitrogen and oxygen atoms in total. The number of hydrogen-bond donors (Lipinski definition) is 1. The first-order chi connectivity index (χ1) is 10.5. The predicted molar refractivity (Wildman–Crippen MR) is 84.3 cm³/mol. The molecule has 1 aliphatic rings. The largest absolute Gasteiger partial charge is 0.391 e. The van der Waals surface area contributed by atoms with Gasteiger partial charge in [-0.1, -0.05) is 12.1 Å². The maximum absolute atomic E-state index is 12.6. The van der Waals surface area contributed by atoms with Crippen LogP contribution in [0.15, 0.2) is 24.4 Å². The zero-order chi connectivity index (χ0) is 15.9. The second kappa shape index (κ2) is 5.57. The Hall–Kier alpha value is -2.14. The average Bonchev–Trinajstić information content (AvgIpc) is 3.07. The standard InChI is InChI=1S/C17H21N3O2/c1-11-4-5-12(2)16(8-11)20-13(3)15(9-18-20)17(22)19-7-6-14(21)10-19/h4-5,8-9,14,21H,6-7,10H2,1-3H3/t14-/m1/s1. The monoisotopic (exact) mass is 299 g/mol. The fraction of sp³-hybridized carbons (Fsp3) is 0.412. The lowest BCUT2D eigenvalue weighted by Crippen LogP contribution is -2.29. The zero-order valence-corrected chi connectivity index (χ0v) is 13.2. The van der Waals surface area contributed by atoms with Gasteiger partial charge in [0.2, 0.25) is 0 Å². The SMILES string of the molecule is Cc1ccc(C)c(-n2ncc(C(=O)N3CC[C@@H](O)C3)c2C)c1. The molecule has 3 rings (SSSR count). The number of aliphatic hydroxyl groups is 1. The van der Waals surface area contributed by atoms with E-state index >= 15 is 0 Å². The Balaban J connectivity index is 1.95. The molecular formula is C17H21N3O2. The highest BCUT2D eigenvalue weighted by Gasteiger charge is 2.27. The van der Waals surface area contributed by atoms with Gasteiger partial charge in [-0.15, -0.1) is 0 Å². The summed E-state index contributed by atoms with van der Waals surface area (Å²) in [5, 5.41) is 14.0. The van der Waals surface area contributed by atoms with E-state index in [1.165, 1.54) is 0 Å². The molecule has 1 aliphatic heterocycles. The summed E-state index contributed by atoms with van der Waals surface area (Å²) in [6.45, 7) is 7.00.